The van der Waals surface area contributed by atoms with Crippen LogP contribution >= 0.6 is 0 Å². The summed E-state index contributed by atoms with van der Waals surface area (Å²) in [6, 6.07) is 82.4. The van der Waals surface area contributed by atoms with E-state index in [9.17, 15) is 0 Å². The molecule has 284 valence electrons. The van der Waals surface area contributed by atoms with Crippen molar-refractivity contribution < 1.29 is 0 Å². The first-order chi connectivity index (χ1) is 29.5. The molecule has 0 aromatic heterocycles. The maximum Gasteiger partial charge on any atom is 0.0540 e. The monoisotopic (exact) mass is 765 g/mol. The molecule has 1 aliphatic carbocycles. The Morgan fingerprint density at radius 1 is 0.317 bits per heavy atom. The second-order valence-corrected chi connectivity index (χ2v) is 16.5. The van der Waals surface area contributed by atoms with E-state index in [2.05, 4.69) is 243 Å². The van der Waals surface area contributed by atoms with Gasteiger partial charge >= 0.3 is 0 Å². The van der Waals surface area contributed by atoms with Crippen molar-refractivity contribution in [2.75, 3.05) is 4.90 Å². The lowest BCUT2D eigenvalue weighted by Gasteiger charge is -2.31. The largest absolute Gasteiger partial charge is 0.309 e. The van der Waals surface area contributed by atoms with Crippen LogP contribution in [0.1, 0.15) is 25.0 Å². The molecule has 0 bridgehead atoms. The molecule has 0 saturated carbocycles. The highest BCUT2D eigenvalue weighted by Gasteiger charge is 2.37. The fraction of sp³-hybridized carbons (Fsp3) is 0.0508. The lowest BCUT2D eigenvalue weighted by molar-refractivity contribution is 0.660. The second kappa shape index (κ2) is 14.4. The third-order valence-corrected chi connectivity index (χ3v) is 12.7. The topological polar surface area (TPSA) is 3.24 Å². The third-order valence-electron chi connectivity index (χ3n) is 12.7. The first kappa shape index (κ1) is 35.7. The van der Waals surface area contributed by atoms with Crippen molar-refractivity contribution >= 4 is 38.6 Å². The van der Waals surface area contributed by atoms with Gasteiger partial charge in [0, 0.05) is 22.2 Å². The molecular formula is C59H43N. The minimum absolute atomic E-state index is 0.104. The molecule has 10 aromatic rings. The summed E-state index contributed by atoms with van der Waals surface area (Å²) in [5.74, 6) is 0. The quantitative estimate of drug-likeness (QED) is 0.146. The van der Waals surface area contributed by atoms with Gasteiger partial charge in [-0.2, -0.15) is 0 Å². The zero-order chi connectivity index (χ0) is 40.2. The van der Waals surface area contributed by atoms with Crippen LogP contribution in [0.3, 0.4) is 0 Å². The van der Waals surface area contributed by atoms with Gasteiger partial charge in [-0.25, -0.2) is 0 Å². The molecule has 0 atom stereocenters. The van der Waals surface area contributed by atoms with E-state index in [-0.39, 0.29) is 5.41 Å². The number of para-hydroxylation sites is 1. The minimum Gasteiger partial charge on any atom is -0.309 e. The normalized spacial score (nSPS) is 12.6. The number of rotatable bonds is 7. The molecule has 60 heavy (non-hydrogen) atoms. The number of anilines is 3. The number of hydrogen-bond acceptors (Lipinski definition) is 1. The maximum atomic E-state index is 2.49. The molecule has 0 heterocycles. The van der Waals surface area contributed by atoms with Crippen molar-refractivity contribution in [1.29, 1.82) is 0 Å². The van der Waals surface area contributed by atoms with Gasteiger partial charge in [0.05, 0.1) is 11.4 Å². The summed E-state index contributed by atoms with van der Waals surface area (Å²) in [5.41, 5.74) is 18.2. The minimum atomic E-state index is -0.104. The standard InChI is InChI=1S/C59H43N/c1-59(2)54-29-15-13-27-51(54)58-50(28-17-30-55(58)59)49-26-14-16-31-56(49)60(57-37-34-43(40-18-5-3-6-19-40)38-53(57)41-20-7-4-8-21-41)45-35-32-42(33-36-45)52-39-44-22-9-10-23-46(44)47-24-11-12-25-48(47)52/h3-39H,1-2H3. The summed E-state index contributed by atoms with van der Waals surface area (Å²) in [6.07, 6.45) is 0. The summed E-state index contributed by atoms with van der Waals surface area (Å²) in [6.45, 7) is 4.72. The molecule has 0 N–H and O–H groups in total. The van der Waals surface area contributed by atoms with Gasteiger partial charge in [-0.1, -0.05) is 202 Å². The van der Waals surface area contributed by atoms with Gasteiger partial charge in [0.1, 0.15) is 0 Å². The van der Waals surface area contributed by atoms with E-state index in [1.807, 2.05) is 0 Å². The zero-order valence-electron chi connectivity index (χ0n) is 33.8. The van der Waals surface area contributed by atoms with E-state index >= 15 is 0 Å². The number of benzene rings is 10. The molecular weight excluding hydrogens is 723 g/mol. The van der Waals surface area contributed by atoms with Gasteiger partial charge in [-0.3, -0.25) is 0 Å². The number of nitrogens with zero attached hydrogens (tertiary/aromatic N) is 1. The van der Waals surface area contributed by atoms with Gasteiger partial charge in [-0.15, -0.1) is 0 Å². The van der Waals surface area contributed by atoms with Crippen molar-refractivity contribution in [2.45, 2.75) is 19.3 Å². The fourth-order valence-corrected chi connectivity index (χ4v) is 9.76. The lowest BCUT2D eigenvalue weighted by atomic mass is 9.82. The Hall–Kier alpha value is -7.48. The van der Waals surface area contributed by atoms with Crippen molar-refractivity contribution in [3.05, 3.63) is 236 Å². The molecule has 0 aliphatic heterocycles. The summed E-state index contributed by atoms with van der Waals surface area (Å²) in [4.78, 5) is 2.49. The van der Waals surface area contributed by atoms with Crippen LogP contribution < -0.4 is 4.90 Å². The highest BCUT2D eigenvalue weighted by molar-refractivity contribution is 6.14. The molecule has 1 heteroatoms. The highest BCUT2D eigenvalue weighted by Crippen LogP contribution is 2.54. The Bertz CT molecular complexity index is 3210. The summed E-state index contributed by atoms with van der Waals surface area (Å²) >= 11 is 0. The smallest absolute Gasteiger partial charge is 0.0540 e. The van der Waals surface area contributed by atoms with Crippen LogP contribution in [-0.4, -0.2) is 0 Å². The van der Waals surface area contributed by atoms with E-state index in [4.69, 9.17) is 0 Å². The van der Waals surface area contributed by atoms with Crippen LogP contribution in [-0.2, 0) is 5.41 Å². The van der Waals surface area contributed by atoms with Crippen molar-refractivity contribution in [3.8, 4) is 55.6 Å². The molecule has 1 aliphatic rings. The van der Waals surface area contributed by atoms with Crippen molar-refractivity contribution in [2.24, 2.45) is 0 Å². The average molecular weight is 766 g/mol. The van der Waals surface area contributed by atoms with Crippen LogP contribution in [0, 0.1) is 0 Å². The van der Waals surface area contributed by atoms with Gasteiger partial charge < -0.3 is 4.90 Å². The molecule has 0 radical (unpaired) electrons. The Labute approximate surface area is 352 Å². The summed E-state index contributed by atoms with van der Waals surface area (Å²) in [5, 5.41) is 5.06. The second-order valence-electron chi connectivity index (χ2n) is 16.5. The maximum absolute atomic E-state index is 2.49. The van der Waals surface area contributed by atoms with Gasteiger partial charge in [0.2, 0.25) is 0 Å². The SMILES string of the molecule is CC1(C)c2ccccc2-c2c(-c3ccccc3N(c3ccc(-c4cc5ccccc5c5ccccc45)cc3)c3ccc(-c4ccccc4)cc3-c3ccccc3)cccc21. The van der Waals surface area contributed by atoms with E-state index in [1.165, 1.54) is 88.3 Å². The Morgan fingerprint density at radius 2 is 0.867 bits per heavy atom. The van der Waals surface area contributed by atoms with Crippen LogP contribution in [0.5, 0.6) is 0 Å². The molecule has 0 unspecified atom stereocenters. The van der Waals surface area contributed by atoms with Crippen LogP contribution in [0.2, 0.25) is 0 Å². The number of hydrogen-bond donors (Lipinski definition) is 0. The van der Waals surface area contributed by atoms with Gasteiger partial charge in [0.25, 0.3) is 0 Å². The predicted molar refractivity (Wildman–Crippen MR) is 255 cm³/mol. The van der Waals surface area contributed by atoms with Crippen molar-refractivity contribution in [3.63, 3.8) is 0 Å². The molecule has 0 saturated heterocycles. The third kappa shape index (κ3) is 5.85. The summed E-state index contributed by atoms with van der Waals surface area (Å²) < 4.78 is 0. The predicted octanol–water partition coefficient (Wildman–Crippen LogP) is 16.4. The first-order valence-corrected chi connectivity index (χ1v) is 20.9. The van der Waals surface area contributed by atoms with Gasteiger partial charge in [-0.05, 0) is 114 Å². The molecule has 10 aromatic carbocycles. The molecule has 0 fully saturated rings. The summed E-state index contributed by atoms with van der Waals surface area (Å²) in [7, 11) is 0. The average Bonchev–Trinajstić information content (AvgIpc) is 3.56. The number of fused-ring (bicyclic) bond motifs is 6. The molecule has 0 spiro atoms. The molecule has 1 nitrogen and oxygen atoms in total. The van der Waals surface area contributed by atoms with E-state index in [1.54, 1.807) is 0 Å². The van der Waals surface area contributed by atoms with E-state index in [0.29, 0.717) is 0 Å². The van der Waals surface area contributed by atoms with Crippen LogP contribution in [0.4, 0.5) is 17.1 Å². The van der Waals surface area contributed by atoms with Crippen LogP contribution in [0.25, 0.3) is 77.2 Å². The Morgan fingerprint density at radius 3 is 1.65 bits per heavy atom. The van der Waals surface area contributed by atoms with Crippen LogP contribution in [0.15, 0.2) is 224 Å². The van der Waals surface area contributed by atoms with Crippen molar-refractivity contribution in [1.82, 2.24) is 0 Å². The molecule has 0 amide bonds. The lowest BCUT2D eigenvalue weighted by Crippen LogP contribution is -2.15. The van der Waals surface area contributed by atoms with Gasteiger partial charge in [0.15, 0.2) is 0 Å². The Kier molecular flexibility index (Phi) is 8.57. The first-order valence-electron chi connectivity index (χ1n) is 20.9. The van der Waals surface area contributed by atoms with E-state index < -0.39 is 0 Å². The highest BCUT2D eigenvalue weighted by atomic mass is 15.1. The molecule has 11 rings (SSSR count). The fourth-order valence-electron chi connectivity index (χ4n) is 9.76. The zero-order valence-corrected chi connectivity index (χ0v) is 33.8. The van der Waals surface area contributed by atoms with E-state index in [0.717, 1.165) is 17.1 Å². The Balaban J connectivity index is 1.15.